The second kappa shape index (κ2) is 5.04. The van der Waals surface area contributed by atoms with Gasteiger partial charge in [0, 0.05) is 18.0 Å². The predicted octanol–water partition coefficient (Wildman–Crippen LogP) is 3.73. The second-order valence-corrected chi connectivity index (χ2v) is 5.71. The molecular formula is C13H19NS. The molecule has 0 saturated carbocycles. The normalized spacial score (nSPS) is 22.9. The van der Waals surface area contributed by atoms with Gasteiger partial charge in [0.2, 0.25) is 0 Å². The first-order valence-corrected chi connectivity index (χ1v) is 6.51. The zero-order chi connectivity index (χ0) is 10.7. The Labute approximate surface area is 97.0 Å². The summed E-state index contributed by atoms with van der Waals surface area (Å²) in [7, 11) is 0. The van der Waals surface area contributed by atoms with Crippen molar-refractivity contribution >= 4 is 11.9 Å². The molecule has 0 aliphatic carbocycles. The van der Waals surface area contributed by atoms with E-state index >= 15 is 0 Å². The average molecular weight is 221 g/mol. The Morgan fingerprint density at radius 3 is 3.00 bits per heavy atom. The summed E-state index contributed by atoms with van der Waals surface area (Å²) in [5, 5.41) is 0. The minimum absolute atomic E-state index is 0.857. The zero-order valence-electron chi connectivity index (χ0n) is 9.57. The molecule has 1 saturated heterocycles. The molecule has 1 atom stereocenters. The van der Waals surface area contributed by atoms with Crippen LogP contribution in [0.5, 0.6) is 0 Å². The lowest BCUT2D eigenvalue weighted by Crippen LogP contribution is -2.28. The maximum atomic E-state index is 2.50. The van der Waals surface area contributed by atoms with Crippen LogP contribution in [0.2, 0.25) is 0 Å². The summed E-state index contributed by atoms with van der Waals surface area (Å²) in [6.45, 7) is 6.98. The molecule has 15 heavy (non-hydrogen) atoms. The van der Waals surface area contributed by atoms with Crippen molar-refractivity contribution < 1.29 is 0 Å². The van der Waals surface area contributed by atoms with Gasteiger partial charge in [-0.3, -0.25) is 0 Å². The van der Waals surface area contributed by atoms with Crippen LogP contribution in [0.1, 0.15) is 25.3 Å². The van der Waals surface area contributed by atoms with E-state index in [9.17, 15) is 0 Å². The van der Waals surface area contributed by atoms with Crippen molar-refractivity contribution in [3.05, 3.63) is 29.8 Å². The lowest BCUT2D eigenvalue weighted by atomic mass is 10.0. The molecule has 1 aromatic carbocycles. The smallest absolute Gasteiger partial charge is 0.0232 e. The molecule has 0 radical (unpaired) electrons. The molecule has 1 nitrogen and oxygen atoms in total. The Kier molecular flexibility index (Phi) is 3.71. The van der Waals surface area contributed by atoms with Crippen LogP contribution in [0.25, 0.3) is 0 Å². The van der Waals surface area contributed by atoms with Crippen LogP contribution in [0.15, 0.2) is 29.2 Å². The summed E-state index contributed by atoms with van der Waals surface area (Å²) in [4.78, 5) is 1.38. The van der Waals surface area contributed by atoms with Crippen LogP contribution in [0.3, 0.4) is 0 Å². The summed E-state index contributed by atoms with van der Waals surface area (Å²) >= 11 is 1.92. The first kappa shape index (κ1) is 11.0. The van der Waals surface area contributed by atoms with Crippen molar-refractivity contribution in [3.63, 3.8) is 0 Å². The molecule has 1 aliphatic heterocycles. The maximum absolute atomic E-state index is 2.50. The molecule has 1 aliphatic rings. The topological polar surface area (TPSA) is 3.24 Å². The largest absolute Gasteiger partial charge is 0.246 e. The van der Waals surface area contributed by atoms with Crippen molar-refractivity contribution in [3.8, 4) is 0 Å². The number of piperidine rings is 1. The minimum Gasteiger partial charge on any atom is -0.246 e. The Morgan fingerprint density at radius 2 is 2.27 bits per heavy atom. The number of hydrogen-bond acceptors (Lipinski definition) is 2. The molecule has 2 heteroatoms. The Bertz CT molecular complexity index is 324. The maximum Gasteiger partial charge on any atom is 0.0232 e. The van der Waals surface area contributed by atoms with Crippen molar-refractivity contribution in [1.29, 1.82) is 0 Å². The van der Waals surface area contributed by atoms with E-state index in [4.69, 9.17) is 0 Å². The molecule has 82 valence electrons. The van der Waals surface area contributed by atoms with E-state index in [-0.39, 0.29) is 0 Å². The van der Waals surface area contributed by atoms with Crippen LogP contribution < -0.4 is 0 Å². The number of hydrogen-bond donors (Lipinski definition) is 0. The van der Waals surface area contributed by atoms with Gasteiger partial charge in [-0.25, -0.2) is 4.31 Å². The van der Waals surface area contributed by atoms with Gasteiger partial charge in [-0.1, -0.05) is 19.1 Å². The van der Waals surface area contributed by atoms with Crippen molar-refractivity contribution in [2.45, 2.75) is 31.6 Å². The highest BCUT2D eigenvalue weighted by Crippen LogP contribution is 2.28. The molecule has 2 rings (SSSR count). The van der Waals surface area contributed by atoms with Gasteiger partial charge in [-0.05, 0) is 55.3 Å². The summed E-state index contributed by atoms with van der Waals surface area (Å²) in [5.41, 5.74) is 1.35. The van der Waals surface area contributed by atoms with Crippen molar-refractivity contribution in [1.82, 2.24) is 4.31 Å². The van der Waals surface area contributed by atoms with E-state index < -0.39 is 0 Å². The summed E-state index contributed by atoms with van der Waals surface area (Å²) in [6.07, 6.45) is 2.74. The first-order valence-electron chi connectivity index (χ1n) is 5.73. The standard InChI is InChI=1S/C13H19NS/c1-11-5-3-7-13(9-11)15-14-8-4-6-12(2)10-14/h3,5,7,9,12H,4,6,8,10H2,1-2H3. The minimum atomic E-state index is 0.857. The summed E-state index contributed by atoms with van der Waals surface area (Å²) in [5.74, 6) is 0.857. The molecule has 1 unspecified atom stereocenters. The fourth-order valence-corrected chi connectivity index (χ4v) is 3.28. The van der Waals surface area contributed by atoms with E-state index in [1.54, 1.807) is 0 Å². The van der Waals surface area contributed by atoms with Gasteiger partial charge in [-0.2, -0.15) is 0 Å². The van der Waals surface area contributed by atoms with E-state index in [2.05, 4.69) is 42.4 Å². The van der Waals surface area contributed by atoms with Gasteiger partial charge in [-0.15, -0.1) is 0 Å². The first-order chi connectivity index (χ1) is 7.24. The Morgan fingerprint density at radius 1 is 1.40 bits per heavy atom. The third-order valence-corrected chi connectivity index (χ3v) is 3.90. The molecule has 0 bridgehead atoms. The molecule has 0 spiro atoms. The number of benzene rings is 1. The van der Waals surface area contributed by atoms with Crippen molar-refractivity contribution in [2.24, 2.45) is 5.92 Å². The fraction of sp³-hybridized carbons (Fsp3) is 0.538. The lowest BCUT2D eigenvalue weighted by Gasteiger charge is -2.29. The van der Waals surface area contributed by atoms with Crippen LogP contribution >= 0.6 is 11.9 Å². The van der Waals surface area contributed by atoms with Gasteiger partial charge in [0.1, 0.15) is 0 Å². The highest BCUT2D eigenvalue weighted by Gasteiger charge is 2.16. The van der Waals surface area contributed by atoms with Crippen molar-refractivity contribution in [2.75, 3.05) is 13.1 Å². The van der Waals surface area contributed by atoms with E-state index in [0.717, 1.165) is 5.92 Å². The van der Waals surface area contributed by atoms with Crippen LogP contribution in [-0.2, 0) is 0 Å². The summed E-state index contributed by atoms with van der Waals surface area (Å²) < 4.78 is 2.50. The zero-order valence-corrected chi connectivity index (χ0v) is 10.4. The molecule has 1 fully saturated rings. The number of aryl methyl sites for hydroxylation is 1. The SMILES string of the molecule is Cc1cccc(SN2CCCC(C)C2)c1. The monoisotopic (exact) mass is 221 g/mol. The Hall–Kier alpha value is -0.470. The quantitative estimate of drug-likeness (QED) is 0.700. The van der Waals surface area contributed by atoms with Crippen LogP contribution in [0, 0.1) is 12.8 Å². The molecule has 1 aromatic rings. The number of rotatable bonds is 2. The third kappa shape index (κ3) is 3.25. The second-order valence-electron chi connectivity index (χ2n) is 4.54. The lowest BCUT2D eigenvalue weighted by molar-refractivity contribution is 0.302. The summed E-state index contributed by atoms with van der Waals surface area (Å²) in [6, 6.07) is 8.77. The van der Waals surface area contributed by atoms with Gasteiger partial charge < -0.3 is 0 Å². The van der Waals surface area contributed by atoms with Gasteiger partial charge in [0.25, 0.3) is 0 Å². The van der Waals surface area contributed by atoms with E-state index in [1.165, 1.54) is 36.4 Å². The molecule has 0 N–H and O–H groups in total. The van der Waals surface area contributed by atoms with Gasteiger partial charge in [0.15, 0.2) is 0 Å². The van der Waals surface area contributed by atoms with Crippen LogP contribution in [-0.4, -0.2) is 17.4 Å². The highest BCUT2D eigenvalue weighted by atomic mass is 32.2. The predicted molar refractivity (Wildman–Crippen MR) is 67.0 cm³/mol. The molecule has 1 heterocycles. The highest BCUT2D eigenvalue weighted by molar-refractivity contribution is 7.97. The van der Waals surface area contributed by atoms with Gasteiger partial charge >= 0.3 is 0 Å². The molecular weight excluding hydrogens is 202 g/mol. The van der Waals surface area contributed by atoms with E-state index in [1.807, 2.05) is 11.9 Å². The van der Waals surface area contributed by atoms with E-state index in [0.29, 0.717) is 0 Å². The third-order valence-electron chi connectivity index (χ3n) is 2.84. The Balaban J connectivity index is 1.96. The molecule has 0 aromatic heterocycles. The van der Waals surface area contributed by atoms with Gasteiger partial charge in [0.05, 0.1) is 0 Å². The average Bonchev–Trinajstić information content (AvgIpc) is 2.17. The fourth-order valence-electron chi connectivity index (χ4n) is 2.05. The van der Waals surface area contributed by atoms with Crippen LogP contribution in [0.4, 0.5) is 0 Å². The molecule has 0 amide bonds. The number of nitrogens with zero attached hydrogens (tertiary/aromatic N) is 1.